The number of rotatable bonds is 6. The molecule has 1 amide bonds. The zero-order valence-corrected chi connectivity index (χ0v) is 12.3. The van der Waals surface area contributed by atoms with Crippen LogP contribution in [0.5, 0.6) is 0 Å². The average molecular weight is 270 g/mol. The molecule has 0 aromatic rings. The van der Waals surface area contributed by atoms with E-state index >= 15 is 0 Å². The Bertz CT molecular complexity index is 312. The molecule has 1 heterocycles. The third-order valence-electron chi connectivity index (χ3n) is 3.99. The summed E-state index contributed by atoms with van der Waals surface area (Å²) < 4.78 is 0. The minimum atomic E-state index is -0.834. The van der Waals surface area contributed by atoms with Crippen molar-refractivity contribution in [3.63, 3.8) is 0 Å². The highest BCUT2D eigenvalue weighted by Crippen LogP contribution is 2.18. The predicted octanol–water partition coefficient (Wildman–Crippen LogP) is 1.43. The molecular formula is C14H26N2O3. The smallest absolute Gasteiger partial charge is 0.303 e. The Hall–Kier alpha value is -1.10. The first-order valence-electron chi connectivity index (χ1n) is 7.13. The van der Waals surface area contributed by atoms with Crippen molar-refractivity contribution in [2.75, 3.05) is 26.7 Å². The van der Waals surface area contributed by atoms with E-state index in [4.69, 9.17) is 5.11 Å². The van der Waals surface area contributed by atoms with Crippen molar-refractivity contribution in [1.29, 1.82) is 0 Å². The largest absolute Gasteiger partial charge is 0.481 e. The van der Waals surface area contributed by atoms with Crippen molar-refractivity contribution >= 4 is 11.9 Å². The number of hydrogen-bond acceptors (Lipinski definition) is 3. The lowest BCUT2D eigenvalue weighted by Crippen LogP contribution is -2.45. The molecule has 1 saturated heterocycles. The molecule has 1 unspecified atom stereocenters. The second-order valence-electron chi connectivity index (χ2n) is 5.58. The third-order valence-corrected chi connectivity index (χ3v) is 3.99. The number of nitrogens with zero attached hydrogens (tertiary/aromatic N) is 2. The van der Waals surface area contributed by atoms with Crippen LogP contribution in [0.25, 0.3) is 0 Å². The molecule has 0 aliphatic carbocycles. The van der Waals surface area contributed by atoms with E-state index < -0.39 is 5.97 Å². The summed E-state index contributed by atoms with van der Waals surface area (Å²) in [5.74, 6) is -0.855. The van der Waals surface area contributed by atoms with E-state index in [9.17, 15) is 9.59 Å². The monoisotopic (exact) mass is 270 g/mol. The maximum atomic E-state index is 12.1. The molecule has 1 N–H and O–H groups in total. The zero-order valence-electron chi connectivity index (χ0n) is 12.3. The summed E-state index contributed by atoms with van der Waals surface area (Å²) in [6, 6.07) is 0.312. The SMILES string of the molecule is CCN1CCC(N(C)C(=O)CC(C)CC(=O)O)CC1. The van der Waals surface area contributed by atoms with Gasteiger partial charge in [-0.05, 0) is 25.3 Å². The molecule has 0 spiro atoms. The Morgan fingerprint density at radius 1 is 1.32 bits per heavy atom. The first-order chi connectivity index (χ1) is 8.93. The third kappa shape index (κ3) is 5.19. The van der Waals surface area contributed by atoms with Crippen LogP contribution in [-0.2, 0) is 9.59 Å². The topological polar surface area (TPSA) is 60.9 Å². The van der Waals surface area contributed by atoms with E-state index in [2.05, 4.69) is 11.8 Å². The van der Waals surface area contributed by atoms with Crippen LogP contribution >= 0.6 is 0 Å². The van der Waals surface area contributed by atoms with Gasteiger partial charge in [0.1, 0.15) is 0 Å². The standard InChI is InChI=1S/C14H26N2O3/c1-4-16-7-5-12(6-8-16)15(3)13(17)9-11(2)10-14(18)19/h11-12H,4-10H2,1-3H3,(H,18,19). The Labute approximate surface area is 115 Å². The maximum Gasteiger partial charge on any atom is 0.303 e. The van der Waals surface area contributed by atoms with Crippen LogP contribution in [0.3, 0.4) is 0 Å². The van der Waals surface area contributed by atoms with Gasteiger partial charge in [0.25, 0.3) is 0 Å². The van der Waals surface area contributed by atoms with E-state index in [0.717, 1.165) is 32.5 Å². The van der Waals surface area contributed by atoms with E-state index in [-0.39, 0.29) is 18.2 Å². The fourth-order valence-electron chi connectivity index (χ4n) is 2.64. The Balaban J connectivity index is 2.38. The van der Waals surface area contributed by atoms with Crippen molar-refractivity contribution < 1.29 is 14.7 Å². The fraction of sp³-hybridized carbons (Fsp3) is 0.857. The summed E-state index contributed by atoms with van der Waals surface area (Å²) >= 11 is 0. The quantitative estimate of drug-likeness (QED) is 0.793. The molecule has 0 aromatic heterocycles. The average Bonchev–Trinajstić information content (AvgIpc) is 2.36. The molecular weight excluding hydrogens is 244 g/mol. The Kier molecular flexibility index (Phi) is 6.28. The minimum Gasteiger partial charge on any atom is -0.481 e. The van der Waals surface area contributed by atoms with Crippen molar-refractivity contribution in [3.05, 3.63) is 0 Å². The van der Waals surface area contributed by atoms with Crippen molar-refractivity contribution in [2.24, 2.45) is 5.92 Å². The summed E-state index contributed by atoms with van der Waals surface area (Å²) in [5, 5.41) is 8.71. The highest BCUT2D eigenvalue weighted by atomic mass is 16.4. The number of piperidine rings is 1. The van der Waals surface area contributed by atoms with Crippen molar-refractivity contribution in [3.8, 4) is 0 Å². The molecule has 0 saturated carbocycles. The van der Waals surface area contributed by atoms with Gasteiger partial charge in [0.15, 0.2) is 0 Å². The van der Waals surface area contributed by atoms with Crippen LogP contribution in [0.1, 0.15) is 39.5 Å². The molecule has 1 aliphatic rings. The summed E-state index contributed by atoms with van der Waals surface area (Å²) in [6.45, 7) is 7.13. The Morgan fingerprint density at radius 3 is 2.37 bits per heavy atom. The summed E-state index contributed by atoms with van der Waals surface area (Å²) in [6.07, 6.45) is 2.43. The van der Waals surface area contributed by atoms with Crippen LogP contribution in [0.15, 0.2) is 0 Å². The van der Waals surface area contributed by atoms with E-state index in [0.29, 0.717) is 12.5 Å². The normalized spacial score (nSPS) is 19.1. The van der Waals surface area contributed by atoms with Gasteiger partial charge in [-0.3, -0.25) is 9.59 Å². The number of aliphatic carboxylic acids is 1. The van der Waals surface area contributed by atoms with Gasteiger partial charge < -0.3 is 14.9 Å². The van der Waals surface area contributed by atoms with Gasteiger partial charge in [0, 0.05) is 39.0 Å². The van der Waals surface area contributed by atoms with Crippen LogP contribution in [0, 0.1) is 5.92 Å². The van der Waals surface area contributed by atoms with Gasteiger partial charge in [0.2, 0.25) is 5.91 Å². The predicted molar refractivity (Wildman–Crippen MR) is 73.9 cm³/mol. The molecule has 19 heavy (non-hydrogen) atoms. The second kappa shape index (κ2) is 7.48. The fourth-order valence-corrected chi connectivity index (χ4v) is 2.64. The molecule has 5 heteroatoms. The first kappa shape index (κ1) is 16.0. The van der Waals surface area contributed by atoms with Gasteiger partial charge in [0.05, 0.1) is 0 Å². The van der Waals surface area contributed by atoms with Crippen molar-refractivity contribution in [2.45, 2.75) is 45.6 Å². The highest BCUT2D eigenvalue weighted by molar-refractivity contribution is 5.77. The Morgan fingerprint density at radius 2 is 1.89 bits per heavy atom. The van der Waals surface area contributed by atoms with Gasteiger partial charge in [-0.2, -0.15) is 0 Å². The van der Waals surface area contributed by atoms with Crippen LogP contribution in [0.4, 0.5) is 0 Å². The highest BCUT2D eigenvalue weighted by Gasteiger charge is 2.25. The number of carbonyl (C=O) groups is 2. The number of carbonyl (C=O) groups excluding carboxylic acids is 1. The molecule has 0 bridgehead atoms. The zero-order chi connectivity index (χ0) is 14.4. The molecule has 0 radical (unpaired) electrons. The maximum absolute atomic E-state index is 12.1. The lowest BCUT2D eigenvalue weighted by atomic mass is 10.00. The lowest BCUT2D eigenvalue weighted by molar-refractivity contribution is -0.138. The van der Waals surface area contributed by atoms with Gasteiger partial charge in [-0.25, -0.2) is 0 Å². The van der Waals surface area contributed by atoms with E-state index in [1.165, 1.54) is 0 Å². The minimum absolute atomic E-state index is 0.0634. The number of carboxylic acid groups (broad SMARTS) is 1. The summed E-state index contributed by atoms with van der Waals surface area (Å²) in [4.78, 5) is 26.9. The molecule has 1 rings (SSSR count). The van der Waals surface area contributed by atoms with Crippen LogP contribution in [0.2, 0.25) is 0 Å². The number of likely N-dealkylation sites (tertiary alicyclic amines) is 1. The summed E-state index contributed by atoms with van der Waals surface area (Å²) in [7, 11) is 1.85. The van der Waals surface area contributed by atoms with Crippen molar-refractivity contribution in [1.82, 2.24) is 9.80 Å². The van der Waals surface area contributed by atoms with E-state index in [1.54, 1.807) is 0 Å². The summed E-state index contributed by atoms with van der Waals surface area (Å²) in [5.41, 5.74) is 0. The number of hydrogen-bond donors (Lipinski definition) is 1. The molecule has 1 fully saturated rings. The van der Waals surface area contributed by atoms with Gasteiger partial charge >= 0.3 is 5.97 Å². The van der Waals surface area contributed by atoms with Gasteiger partial charge in [-0.15, -0.1) is 0 Å². The molecule has 1 atom stereocenters. The lowest BCUT2D eigenvalue weighted by Gasteiger charge is -2.36. The second-order valence-corrected chi connectivity index (χ2v) is 5.58. The molecule has 0 aromatic carbocycles. The van der Waals surface area contributed by atoms with E-state index in [1.807, 2.05) is 18.9 Å². The molecule has 5 nitrogen and oxygen atoms in total. The van der Waals surface area contributed by atoms with Crippen LogP contribution in [-0.4, -0.2) is 59.5 Å². The number of amides is 1. The molecule has 110 valence electrons. The number of carboxylic acids is 1. The van der Waals surface area contributed by atoms with Gasteiger partial charge in [-0.1, -0.05) is 13.8 Å². The molecule has 1 aliphatic heterocycles. The first-order valence-corrected chi connectivity index (χ1v) is 7.13. The van der Waals surface area contributed by atoms with Crippen LogP contribution < -0.4 is 0 Å².